The summed E-state index contributed by atoms with van der Waals surface area (Å²) in [5.74, 6) is -0.903. The van der Waals surface area contributed by atoms with Crippen molar-refractivity contribution in [3.05, 3.63) is 63.6 Å². The van der Waals surface area contributed by atoms with Crippen LogP contribution in [0.5, 0.6) is 0 Å². The van der Waals surface area contributed by atoms with Crippen LogP contribution in [0.2, 0.25) is 10.0 Å². The molecule has 1 N–H and O–H groups in total. The number of likely N-dealkylation sites (N-methyl/N-ethyl adjacent to an activating group) is 1. The lowest BCUT2D eigenvalue weighted by Gasteiger charge is -2.31. The lowest BCUT2D eigenvalue weighted by atomic mass is 10.1. The summed E-state index contributed by atoms with van der Waals surface area (Å²) in [7, 11) is -2.32. The van der Waals surface area contributed by atoms with E-state index in [4.69, 9.17) is 23.2 Å². The van der Waals surface area contributed by atoms with Crippen LogP contribution in [0.4, 0.5) is 5.69 Å². The molecule has 0 saturated carbocycles. The van der Waals surface area contributed by atoms with Gasteiger partial charge in [-0.25, -0.2) is 8.42 Å². The molecule has 0 aliphatic carbocycles. The highest BCUT2D eigenvalue weighted by Crippen LogP contribution is 2.26. The molecule has 10 heteroatoms. The van der Waals surface area contributed by atoms with E-state index in [1.54, 1.807) is 56.3 Å². The summed E-state index contributed by atoms with van der Waals surface area (Å²) in [5.41, 5.74) is 1.66. The van der Waals surface area contributed by atoms with E-state index < -0.39 is 28.5 Å². The summed E-state index contributed by atoms with van der Waals surface area (Å²) in [6.45, 7) is 2.91. The van der Waals surface area contributed by atoms with Crippen molar-refractivity contribution in [1.29, 1.82) is 0 Å². The zero-order chi connectivity index (χ0) is 23.3. The third-order valence-corrected chi connectivity index (χ3v) is 6.36. The highest BCUT2D eigenvalue weighted by molar-refractivity contribution is 7.92. The predicted octanol–water partition coefficient (Wildman–Crippen LogP) is 3.23. The number of aryl methyl sites for hydroxylation is 1. The zero-order valence-corrected chi connectivity index (χ0v) is 20.1. The number of benzene rings is 2. The number of carbonyl (C=O) groups excluding carboxylic acids is 2. The Balaban J connectivity index is 2.42. The van der Waals surface area contributed by atoms with Gasteiger partial charge in [-0.2, -0.15) is 0 Å². The van der Waals surface area contributed by atoms with E-state index in [-0.39, 0.29) is 12.5 Å². The fraction of sp³-hybridized carbons (Fsp3) is 0.333. The fourth-order valence-electron chi connectivity index (χ4n) is 3.12. The van der Waals surface area contributed by atoms with Crippen LogP contribution >= 0.6 is 23.2 Å². The van der Waals surface area contributed by atoms with E-state index in [0.29, 0.717) is 26.9 Å². The number of nitrogens with one attached hydrogen (secondary N) is 1. The van der Waals surface area contributed by atoms with Crippen LogP contribution in [-0.2, 0) is 26.2 Å². The van der Waals surface area contributed by atoms with Crippen LogP contribution < -0.4 is 9.62 Å². The number of hydrogen-bond acceptors (Lipinski definition) is 4. The molecule has 2 amide bonds. The summed E-state index contributed by atoms with van der Waals surface area (Å²) >= 11 is 12.0. The number of halogens is 2. The average molecular weight is 486 g/mol. The van der Waals surface area contributed by atoms with Gasteiger partial charge in [0.05, 0.1) is 11.9 Å². The average Bonchev–Trinajstić information content (AvgIpc) is 2.68. The third kappa shape index (κ3) is 6.59. The monoisotopic (exact) mass is 485 g/mol. The van der Waals surface area contributed by atoms with E-state index in [0.717, 1.165) is 10.6 Å². The van der Waals surface area contributed by atoms with Crippen LogP contribution in [0.25, 0.3) is 0 Å². The Bertz CT molecular complexity index is 1080. The Morgan fingerprint density at radius 3 is 2.29 bits per heavy atom. The third-order valence-electron chi connectivity index (χ3n) is 4.76. The molecule has 0 spiro atoms. The maximum absolute atomic E-state index is 13.3. The van der Waals surface area contributed by atoms with Crippen LogP contribution in [0.15, 0.2) is 42.5 Å². The number of anilines is 1. The minimum atomic E-state index is -3.79. The molecule has 0 fully saturated rings. The number of hydrogen-bond donors (Lipinski definition) is 1. The van der Waals surface area contributed by atoms with Crippen LogP contribution in [-0.4, -0.2) is 51.0 Å². The molecule has 0 bridgehead atoms. The van der Waals surface area contributed by atoms with E-state index in [9.17, 15) is 18.0 Å². The molecule has 0 aliphatic rings. The molecule has 0 aliphatic heterocycles. The Morgan fingerprint density at radius 1 is 1.10 bits per heavy atom. The molecule has 31 heavy (non-hydrogen) atoms. The Kier molecular flexibility index (Phi) is 8.34. The van der Waals surface area contributed by atoms with E-state index >= 15 is 0 Å². The van der Waals surface area contributed by atoms with Crippen molar-refractivity contribution in [3.8, 4) is 0 Å². The highest BCUT2D eigenvalue weighted by Gasteiger charge is 2.30. The standard InChI is InChI=1S/C21H25Cl2N3O4S/c1-14-10-18(23)8-9-19(14)26(31(4,29)30)13-20(27)25(15(2)21(28)24-3)12-16-6-5-7-17(22)11-16/h5-11,15H,12-13H2,1-4H3,(H,24,28)/t15-/m1/s1. The van der Waals surface area contributed by atoms with Crippen LogP contribution in [0.1, 0.15) is 18.1 Å². The van der Waals surface area contributed by atoms with Gasteiger partial charge in [0.1, 0.15) is 12.6 Å². The van der Waals surface area contributed by atoms with Gasteiger partial charge in [0, 0.05) is 23.6 Å². The molecular formula is C21H25Cl2N3O4S. The molecule has 7 nitrogen and oxygen atoms in total. The molecule has 0 aromatic heterocycles. The van der Waals surface area contributed by atoms with Gasteiger partial charge in [-0.3, -0.25) is 13.9 Å². The maximum atomic E-state index is 13.3. The van der Waals surface area contributed by atoms with Crippen molar-refractivity contribution in [2.45, 2.75) is 26.4 Å². The number of rotatable bonds is 8. The number of amides is 2. The predicted molar refractivity (Wildman–Crippen MR) is 124 cm³/mol. The van der Waals surface area contributed by atoms with Gasteiger partial charge < -0.3 is 10.2 Å². The minimum Gasteiger partial charge on any atom is -0.357 e. The first-order valence-corrected chi connectivity index (χ1v) is 12.0. The first kappa shape index (κ1) is 25.0. The number of sulfonamides is 1. The highest BCUT2D eigenvalue weighted by atomic mass is 35.5. The smallest absolute Gasteiger partial charge is 0.244 e. The van der Waals surface area contributed by atoms with Gasteiger partial charge in [0.15, 0.2) is 0 Å². The minimum absolute atomic E-state index is 0.0885. The Morgan fingerprint density at radius 2 is 1.74 bits per heavy atom. The van der Waals surface area contributed by atoms with Gasteiger partial charge in [0.25, 0.3) is 0 Å². The normalized spacial score (nSPS) is 12.2. The van der Waals surface area contributed by atoms with Gasteiger partial charge in [-0.15, -0.1) is 0 Å². The first-order valence-electron chi connectivity index (χ1n) is 9.43. The second-order valence-electron chi connectivity index (χ2n) is 7.14. The van der Waals surface area contributed by atoms with E-state index in [1.807, 2.05) is 0 Å². The summed E-state index contributed by atoms with van der Waals surface area (Å²) in [5, 5.41) is 3.47. The quantitative estimate of drug-likeness (QED) is 0.621. The largest absolute Gasteiger partial charge is 0.357 e. The Labute approximate surface area is 193 Å². The number of nitrogens with zero attached hydrogens (tertiary/aromatic N) is 2. The molecule has 0 saturated heterocycles. The van der Waals surface area contributed by atoms with Crippen molar-refractivity contribution in [2.75, 3.05) is 24.2 Å². The second kappa shape index (κ2) is 10.3. The molecule has 0 radical (unpaired) electrons. The molecule has 2 aromatic carbocycles. The molecule has 0 unspecified atom stereocenters. The van der Waals surface area contributed by atoms with Crippen molar-refractivity contribution < 1.29 is 18.0 Å². The SMILES string of the molecule is CNC(=O)[C@@H](C)N(Cc1cccc(Cl)c1)C(=O)CN(c1ccc(Cl)cc1C)S(C)(=O)=O. The van der Waals surface area contributed by atoms with Crippen molar-refractivity contribution in [3.63, 3.8) is 0 Å². The summed E-state index contributed by atoms with van der Waals surface area (Å²) in [6, 6.07) is 10.8. The molecule has 2 rings (SSSR count). The van der Waals surface area contributed by atoms with E-state index in [1.165, 1.54) is 11.9 Å². The van der Waals surface area contributed by atoms with E-state index in [2.05, 4.69) is 5.32 Å². The molecular weight excluding hydrogens is 461 g/mol. The summed E-state index contributed by atoms with van der Waals surface area (Å²) in [4.78, 5) is 26.9. The van der Waals surface area contributed by atoms with Gasteiger partial charge in [0.2, 0.25) is 21.8 Å². The van der Waals surface area contributed by atoms with Crippen molar-refractivity contribution in [2.24, 2.45) is 0 Å². The van der Waals surface area contributed by atoms with Gasteiger partial charge in [-0.1, -0.05) is 35.3 Å². The first-order chi connectivity index (χ1) is 14.4. The second-order valence-corrected chi connectivity index (χ2v) is 9.92. The lowest BCUT2D eigenvalue weighted by molar-refractivity contribution is -0.139. The number of carbonyl (C=O) groups is 2. The summed E-state index contributed by atoms with van der Waals surface area (Å²) < 4.78 is 26.0. The van der Waals surface area contributed by atoms with Crippen molar-refractivity contribution >= 4 is 50.7 Å². The van der Waals surface area contributed by atoms with Gasteiger partial charge >= 0.3 is 0 Å². The topological polar surface area (TPSA) is 86.8 Å². The van der Waals surface area contributed by atoms with Crippen molar-refractivity contribution in [1.82, 2.24) is 10.2 Å². The fourth-order valence-corrected chi connectivity index (χ4v) is 4.46. The van der Waals surface area contributed by atoms with Crippen LogP contribution in [0, 0.1) is 6.92 Å². The molecule has 0 heterocycles. The summed E-state index contributed by atoms with van der Waals surface area (Å²) in [6.07, 6.45) is 1.03. The van der Waals surface area contributed by atoms with Crippen LogP contribution in [0.3, 0.4) is 0 Å². The Hall–Kier alpha value is -2.29. The zero-order valence-electron chi connectivity index (χ0n) is 17.7. The molecule has 1 atom stereocenters. The molecule has 2 aromatic rings. The lowest BCUT2D eigenvalue weighted by Crippen LogP contribution is -2.50. The maximum Gasteiger partial charge on any atom is 0.244 e. The molecule has 168 valence electrons. The van der Waals surface area contributed by atoms with Gasteiger partial charge in [-0.05, 0) is 55.3 Å².